The molecule has 6 nitrogen and oxygen atoms in total. The monoisotopic (exact) mass is 388 g/mol. The Balaban J connectivity index is 1.22. The maximum Gasteiger partial charge on any atom is 0.236 e. The van der Waals surface area contributed by atoms with Gasteiger partial charge in [0.2, 0.25) is 5.91 Å². The van der Waals surface area contributed by atoms with Crippen molar-refractivity contribution in [1.82, 2.24) is 19.7 Å². The van der Waals surface area contributed by atoms with E-state index in [-0.39, 0.29) is 0 Å². The molecule has 2 saturated heterocycles. The van der Waals surface area contributed by atoms with Crippen LogP contribution in [0.3, 0.4) is 0 Å². The van der Waals surface area contributed by atoms with Gasteiger partial charge in [-0.25, -0.2) is 4.98 Å². The molecule has 27 heavy (non-hydrogen) atoms. The van der Waals surface area contributed by atoms with Crippen LogP contribution in [0.25, 0.3) is 11.5 Å². The fraction of sp³-hybridized carbons (Fsp3) is 0.600. The van der Waals surface area contributed by atoms with Gasteiger partial charge in [-0.1, -0.05) is 6.92 Å². The topological polar surface area (TPSA) is 52.8 Å². The molecule has 2 aliphatic heterocycles. The first-order valence-corrected chi connectivity index (χ1v) is 10.8. The summed E-state index contributed by atoms with van der Waals surface area (Å²) in [5, 5.41) is 3.18. The smallest absolute Gasteiger partial charge is 0.236 e. The third kappa shape index (κ3) is 4.78. The number of carbonyl (C=O) groups is 1. The Kier molecular flexibility index (Phi) is 5.90. The highest BCUT2D eigenvalue weighted by Crippen LogP contribution is 2.23. The first-order valence-electron chi connectivity index (χ1n) is 9.88. The van der Waals surface area contributed by atoms with E-state index in [4.69, 9.17) is 9.40 Å². The minimum atomic E-state index is 0.304. The lowest BCUT2D eigenvalue weighted by Gasteiger charge is -2.36. The number of furan rings is 1. The highest BCUT2D eigenvalue weighted by molar-refractivity contribution is 7.09. The van der Waals surface area contributed by atoms with Crippen LogP contribution >= 0.6 is 11.3 Å². The number of rotatable bonds is 5. The molecule has 4 heterocycles. The zero-order chi connectivity index (χ0) is 18.6. The van der Waals surface area contributed by atoms with Crippen LogP contribution in [-0.2, 0) is 11.3 Å². The van der Waals surface area contributed by atoms with Crippen LogP contribution in [0.1, 0.15) is 24.8 Å². The first kappa shape index (κ1) is 18.7. The Morgan fingerprint density at radius 1 is 1.19 bits per heavy atom. The number of nitrogens with zero attached hydrogens (tertiary/aromatic N) is 4. The van der Waals surface area contributed by atoms with E-state index < -0.39 is 0 Å². The molecule has 2 aliphatic rings. The zero-order valence-electron chi connectivity index (χ0n) is 16.0. The summed E-state index contributed by atoms with van der Waals surface area (Å²) in [6.07, 6.45) is 3.97. The lowest BCUT2D eigenvalue weighted by molar-refractivity contribution is -0.134. The maximum absolute atomic E-state index is 12.5. The van der Waals surface area contributed by atoms with Gasteiger partial charge in [-0.2, -0.15) is 0 Å². The van der Waals surface area contributed by atoms with E-state index in [9.17, 15) is 4.79 Å². The normalized spacial score (nSPS) is 20.3. The number of hydrogen-bond acceptors (Lipinski definition) is 6. The van der Waals surface area contributed by atoms with Gasteiger partial charge >= 0.3 is 0 Å². The second-order valence-electron chi connectivity index (χ2n) is 7.72. The number of thiazole rings is 1. The van der Waals surface area contributed by atoms with Crippen molar-refractivity contribution in [2.75, 3.05) is 45.8 Å². The zero-order valence-corrected chi connectivity index (χ0v) is 16.8. The van der Waals surface area contributed by atoms with E-state index >= 15 is 0 Å². The summed E-state index contributed by atoms with van der Waals surface area (Å²) < 4.78 is 5.42. The summed E-state index contributed by atoms with van der Waals surface area (Å²) in [6, 6.07) is 3.83. The lowest BCUT2D eigenvalue weighted by Crippen LogP contribution is -2.50. The van der Waals surface area contributed by atoms with Crippen molar-refractivity contribution in [1.29, 1.82) is 0 Å². The van der Waals surface area contributed by atoms with Crippen LogP contribution in [0.15, 0.2) is 28.2 Å². The van der Waals surface area contributed by atoms with Gasteiger partial charge in [0.15, 0.2) is 5.76 Å². The Hall–Kier alpha value is -1.70. The molecule has 2 aromatic heterocycles. The lowest BCUT2D eigenvalue weighted by atomic mass is 9.99. The molecule has 0 unspecified atom stereocenters. The number of aromatic nitrogens is 1. The number of piperazine rings is 1. The summed E-state index contributed by atoms with van der Waals surface area (Å²) in [5.74, 6) is 1.89. The van der Waals surface area contributed by atoms with Gasteiger partial charge in [-0.15, -0.1) is 11.3 Å². The largest absolute Gasteiger partial charge is 0.463 e. The summed E-state index contributed by atoms with van der Waals surface area (Å²) in [7, 11) is 0. The number of likely N-dealkylation sites (tertiary alicyclic amines) is 1. The summed E-state index contributed by atoms with van der Waals surface area (Å²) in [6.45, 7) is 9.46. The Morgan fingerprint density at radius 2 is 1.93 bits per heavy atom. The van der Waals surface area contributed by atoms with Crippen molar-refractivity contribution in [3.05, 3.63) is 28.8 Å². The molecule has 146 valence electrons. The molecule has 1 amide bonds. The van der Waals surface area contributed by atoms with Crippen molar-refractivity contribution in [2.45, 2.75) is 26.3 Å². The molecule has 2 aromatic rings. The van der Waals surface area contributed by atoms with Gasteiger partial charge in [0.1, 0.15) is 10.7 Å². The van der Waals surface area contributed by atoms with Gasteiger partial charge < -0.3 is 9.32 Å². The van der Waals surface area contributed by atoms with Crippen LogP contribution in [0.4, 0.5) is 0 Å². The molecular weight excluding hydrogens is 360 g/mol. The van der Waals surface area contributed by atoms with E-state index in [0.29, 0.717) is 12.5 Å². The van der Waals surface area contributed by atoms with Gasteiger partial charge in [0.05, 0.1) is 19.4 Å². The predicted molar refractivity (Wildman–Crippen MR) is 107 cm³/mol. The number of hydrogen-bond donors (Lipinski definition) is 0. The van der Waals surface area contributed by atoms with Crippen LogP contribution in [-0.4, -0.2) is 71.4 Å². The Labute approximate surface area is 164 Å². The fourth-order valence-corrected chi connectivity index (χ4v) is 4.59. The van der Waals surface area contributed by atoms with Gasteiger partial charge in [0.25, 0.3) is 0 Å². The average molecular weight is 389 g/mol. The van der Waals surface area contributed by atoms with E-state index in [1.54, 1.807) is 17.6 Å². The number of amides is 1. The summed E-state index contributed by atoms with van der Waals surface area (Å²) in [5.41, 5.74) is 0.917. The van der Waals surface area contributed by atoms with Gasteiger partial charge in [0, 0.05) is 44.6 Å². The summed E-state index contributed by atoms with van der Waals surface area (Å²) >= 11 is 1.68. The third-order valence-corrected chi connectivity index (χ3v) is 6.48. The third-order valence-electron chi connectivity index (χ3n) is 5.64. The highest BCUT2D eigenvalue weighted by atomic mass is 32.1. The van der Waals surface area contributed by atoms with E-state index in [2.05, 4.69) is 27.0 Å². The van der Waals surface area contributed by atoms with Gasteiger partial charge in [-0.3, -0.25) is 14.6 Å². The van der Waals surface area contributed by atoms with Crippen LogP contribution in [0.5, 0.6) is 0 Å². The minimum absolute atomic E-state index is 0.304. The van der Waals surface area contributed by atoms with Crippen molar-refractivity contribution >= 4 is 17.2 Å². The summed E-state index contributed by atoms with van der Waals surface area (Å²) in [4.78, 5) is 24.0. The van der Waals surface area contributed by atoms with Crippen LogP contribution in [0, 0.1) is 5.92 Å². The molecule has 0 spiro atoms. The van der Waals surface area contributed by atoms with E-state index in [1.165, 1.54) is 0 Å². The number of piperidine rings is 1. The molecule has 0 aromatic carbocycles. The first-order chi connectivity index (χ1) is 13.2. The number of carbonyl (C=O) groups excluding carboxylic acids is 1. The maximum atomic E-state index is 12.5. The SMILES string of the molecule is CC1CCN(C(=O)CN2CCN(Cc3nc(-c4ccco4)cs3)CC2)CC1. The standard InChI is InChI=1S/C20H28N4O2S/c1-16-4-6-24(7-5-16)20(25)14-23-10-8-22(9-11-23)13-19-21-17(15-27-19)18-3-2-12-26-18/h2-3,12,15-16H,4-11,13-14H2,1H3. The molecular formula is C20H28N4O2S. The average Bonchev–Trinajstić information content (AvgIpc) is 3.35. The quantitative estimate of drug-likeness (QED) is 0.788. The molecule has 2 fully saturated rings. The minimum Gasteiger partial charge on any atom is -0.463 e. The van der Waals surface area contributed by atoms with Crippen molar-refractivity contribution in [3.8, 4) is 11.5 Å². The molecule has 0 bridgehead atoms. The van der Waals surface area contributed by atoms with Crippen LogP contribution in [0.2, 0.25) is 0 Å². The molecule has 0 aliphatic carbocycles. The van der Waals surface area contributed by atoms with Crippen molar-refractivity contribution in [2.24, 2.45) is 5.92 Å². The predicted octanol–water partition coefficient (Wildman–Crippen LogP) is 2.78. The van der Waals surface area contributed by atoms with Crippen LogP contribution < -0.4 is 0 Å². The Morgan fingerprint density at radius 3 is 2.63 bits per heavy atom. The molecule has 0 radical (unpaired) electrons. The highest BCUT2D eigenvalue weighted by Gasteiger charge is 2.24. The molecule has 0 saturated carbocycles. The van der Waals surface area contributed by atoms with Crippen molar-refractivity contribution in [3.63, 3.8) is 0 Å². The van der Waals surface area contributed by atoms with E-state index in [0.717, 1.165) is 81.0 Å². The second kappa shape index (κ2) is 8.54. The molecule has 7 heteroatoms. The van der Waals surface area contributed by atoms with Crippen molar-refractivity contribution < 1.29 is 9.21 Å². The second-order valence-corrected chi connectivity index (χ2v) is 8.66. The molecule has 0 atom stereocenters. The molecule has 4 rings (SSSR count). The fourth-order valence-electron chi connectivity index (χ4n) is 3.77. The van der Waals surface area contributed by atoms with E-state index in [1.807, 2.05) is 12.1 Å². The molecule has 0 N–H and O–H groups in total. The Bertz CT molecular complexity index is 729. The van der Waals surface area contributed by atoms with Gasteiger partial charge in [-0.05, 0) is 30.9 Å².